The summed E-state index contributed by atoms with van der Waals surface area (Å²) in [4.78, 5) is 17.0. The lowest BCUT2D eigenvalue weighted by Gasteiger charge is -2.02. The Morgan fingerprint density at radius 1 is 0.903 bits per heavy atom. The zero-order valence-electron chi connectivity index (χ0n) is 15.8. The predicted molar refractivity (Wildman–Crippen MR) is 117 cm³/mol. The third kappa shape index (κ3) is 2.94. The monoisotopic (exact) mass is 428 g/mol. The molecule has 0 atom stereocenters. The van der Waals surface area contributed by atoms with Gasteiger partial charge in [0, 0.05) is 50.9 Å². The van der Waals surface area contributed by atoms with E-state index in [-0.39, 0.29) is 10.9 Å². The predicted octanol–water partition coefficient (Wildman–Crippen LogP) is 5.14. The molecule has 0 aliphatic rings. The SMILES string of the molecule is Oc1cncc(-c2cnc3n[nH]c(-c4cc5c(-c6ccc(F)s6)cncc5[nH]4)c3c2)c1. The molecule has 6 rings (SSSR count). The second-order valence-corrected chi connectivity index (χ2v) is 8.09. The largest absolute Gasteiger partial charge is 0.506 e. The number of aromatic hydroxyl groups is 1. The first-order valence-electron chi connectivity index (χ1n) is 9.37. The molecular weight excluding hydrogens is 415 g/mol. The molecule has 0 saturated heterocycles. The minimum Gasteiger partial charge on any atom is -0.506 e. The fourth-order valence-electron chi connectivity index (χ4n) is 3.69. The summed E-state index contributed by atoms with van der Waals surface area (Å²) in [5.41, 5.74) is 5.43. The van der Waals surface area contributed by atoms with Gasteiger partial charge in [-0.3, -0.25) is 15.1 Å². The molecule has 150 valence electrons. The number of H-pyrrole nitrogens is 2. The summed E-state index contributed by atoms with van der Waals surface area (Å²) in [6.07, 6.45) is 8.23. The number of nitrogens with zero attached hydrogens (tertiary/aromatic N) is 4. The van der Waals surface area contributed by atoms with Crippen LogP contribution in [0.4, 0.5) is 4.39 Å². The lowest BCUT2D eigenvalue weighted by molar-refractivity contribution is 0.473. The number of nitrogens with one attached hydrogen (secondary N) is 2. The smallest absolute Gasteiger partial charge is 0.181 e. The van der Waals surface area contributed by atoms with Crippen molar-refractivity contribution in [2.24, 2.45) is 0 Å². The van der Waals surface area contributed by atoms with Gasteiger partial charge in [-0.2, -0.15) is 9.49 Å². The molecule has 3 N–H and O–H groups in total. The number of hydrogen-bond acceptors (Lipinski definition) is 6. The molecule has 0 fully saturated rings. The molecule has 6 heterocycles. The number of rotatable bonds is 3. The molecule has 6 aromatic heterocycles. The molecule has 0 radical (unpaired) electrons. The van der Waals surface area contributed by atoms with Crippen molar-refractivity contribution in [2.75, 3.05) is 0 Å². The Morgan fingerprint density at radius 3 is 2.61 bits per heavy atom. The highest BCUT2D eigenvalue weighted by molar-refractivity contribution is 7.14. The van der Waals surface area contributed by atoms with Crippen molar-refractivity contribution in [3.05, 3.63) is 66.4 Å². The Bertz CT molecular complexity index is 1580. The van der Waals surface area contributed by atoms with Crippen LogP contribution in [0.1, 0.15) is 0 Å². The quantitative estimate of drug-likeness (QED) is 0.362. The zero-order chi connectivity index (χ0) is 20.9. The maximum atomic E-state index is 13.6. The maximum absolute atomic E-state index is 13.6. The van der Waals surface area contributed by atoms with Gasteiger partial charge in [0.05, 0.1) is 29.3 Å². The van der Waals surface area contributed by atoms with E-state index in [0.29, 0.717) is 5.65 Å². The number of hydrogen-bond donors (Lipinski definition) is 3. The van der Waals surface area contributed by atoms with Crippen LogP contribution in [-0.2, 0) is 0 Å². The topological polar surface area (TPSA) is 103 Å². The van der Waals surface area contributed by atoms with Gasteiger partial charge < -0.3 is 10.1 Å². The van der Waals surface area contributed by atoms with Crippen LogP contribution in [0.2, 0.25) is 0 Å². The van der Waals surface area contributed by atoms with E-state index in [1.807, 2.05) is 12.1 Å². The number of fused-ring (bicyclic) bond motifs is 2. The molecule has 0 unspecified atom stereocenters. The maximum Gasteiger partial charge on any atom is 0.181 e. The van der Waals surface area contributed by atoms with Crippen molar-refractivity contribution in [2.45, 2.75) is 0 Å². The van der Waals surface area contributed by atoms with Gasteiger partial charge in [-0.05, 0) is 30.3 Å². The van der Waals surface area contributed by atoms with E-state index in [4.69, 9.17) is 0 Å². The molecule has 9 heteroatoms. The van der Waals surface area contributed by atoms with Gasteiger partial charge in [-0.1, -0.05) is 0 Å². The van der Waals surface area contributed by atoms with Crippen LogP contribution >= 0.6 is 11.3 Å². The van der Waals surface area contributed by atoms with Crippen LogP contribution in [0, 0.1) is 5.13 Å². The highest BCUT2D eigenvalue weighted by Crippen LogP contribution is 2.36. The Labute approximate surface area is 178 Å². The van der Waals surface area contributed by atoms with E-state index in [2.05, 4.69) is 30.1 Å². The van der Waals surface area contributed by atoms with E-state index in [1.54, 1.807) is 36.9 Å². The summed E-state index contributed by atoms with van der Waals surface area (Å²) < 4.78 is 13.6. The molecule has 0 amide bonds. The van der Waals surface area contributed by atoms with E-state index in [1.165, 1.54) is 12.3 Å². The number of aromatic amines is 2. The summed E-state index contributed by atoms with van der Waals surface area (Å²) in [7, 11) is 0. The molecule has 7 nitrogen and oxygen atoms in total. The summed E-state index contributed by atoms with van der Waals surface area (Å²) in [5.74, 6) is 0.0886. The molecule has 6 aromatic rings. The third-order valence-corrected chi connectivity index (χ3v) is 6.03. The van der Waals surface area contributed by atoms with Crippen LogP contribution in [0.3, 0.4) is 0 Å². The van der Waals surface area contributed by atoms with Crippen molar-refractivity contribution in [1.29, 1.82) is 0 Å². The third-order valence-electron chi connectivity index (χ3n) is 5.12. The lowest BCUT2D eigenvalue weighted by atomic mass is 10.1. The molecule has 0 saturated carbocycles. The summed E-state index contributed by atoms with van der Waals surface area (Å²) in [5, 5.41) is 18.7. The molecule has 0 aliphatic heterocycles. The van der Waals surface area contributed by atoms with Crippen molar-refractivity contribution >= 4 is 33.3 Å². The Balaban J connectivity index is 1.51. The van der Waals surface area contributed by atoms with Crippen LogP contribution < -0.4 is 0 Å². The van der Waals surface area contributed by atoms with Crippen molar-refractivity contribution in [3.63, 3.8) is 0 Å². The van der Waals surface area contributed by atoms with Crippen molar-refractivity contribution in [1.82, 2.24) is 30.1 Å². The first-order valence-corrected chi connectivity index (χ1v) is 10.2. The average Bonchev–Trinajstić information content (AvgIpc) is 3.50. The van der Waals surface area contributed by atoms with Gasteiger partial charge in [0.2, 0.25) is 0 Å². The van der Waals surface area contributed by atoms with E-state index < -0.39 is 0 Å². The normalized spacial score (nSPS) is 11.5. The minimum atomic E-state index is -0.234. The first-order chi connectivity index (χ1) is 15.2. The summed E-state index contributed by atoms with van der Waals surface area (Å²) in [6, 6.07) is 8.81. The fourth-order valence-corrected chi connectivity index (χ4v) is 4.44. The van der Waals surface area contributed by atoms with Gasteiger partial charge in [0.25, 0.3) is 0 Å². The van der Waals surface area contributed by atoms with Gasteiger partial charge in [-0.15, -0.1) is 11.3 Å². The Morgan fingerprint density at radius 2 is 1.77 bits per heavy atom. The summed E-state index contributed by atoms with van der Waals surface area (Å²) >= 11 is 1.09. The van der Waals surface area contributed by atoms with E-state index >= 15 is 0 Å². The number of aromatic nitrogens is 6. The van der Waals surface area contributed by atoms with Gasteiger partial charge in [-0.25, -0.2) is 4.98 Å². The molecule has 0 aliphatic carbocycles. The molecule has 0 bridgehead atoms. The van der Waals surface area contributed by atoms with Crippen molar-refractivity contribution in [3.8, 4) is 38.7 Å². The van der Waals surface area contributed by atoms with Gasteiger partial charge >= 0.3 is 0 Å². The minimum absolute atomic E-state index is 0.0886. The van der Waals surface area contributed by atoms with Crippen molar-refractivity contribution < 1.29 is 9.50 Å². The number of thiophene rings is 1. The fraction of sp³-hybridized carbons (Fsp3) is 0. The highest BCUT2D eigenvalue weighted by atomic mass is 32.1. The van der Waals surface area contributed by atoms with Crippen LogP contribution in [-0.4, -0.2) is 35.2 Å². The number of halogens is 1. The summed E-state index contributed by atoms with van der Waals surface area (Å²) in [6.45, 7) is 0. The van der Waals surface area contributed by atoms with Crippen LogP contribution in [0.15, 0.2) is 61.3 Å². The first kappa shape index (κ1) is 17.7. The second-order valence-electron chi connectivity index (χ2n) is 7.06. The average molecular weight is 428 g/mol. The van der Waals surface area contributed by atoms with E-state index in [0.717, 1.165) is 60.6 Å². The Kier molecular flexibility index (Phi) is 3.84. The second kappa shape index (κ2) is 6.71. The molecule has 31 heavy (non-hydrogen) atoms. The molecular formula is C22H13FN6OS. The standard InChI is InChI=1S/C22H13FN6OS/c23-20-2-1-19(31-20)16-9-25-10-18-14(16)5-17(27-18)21-15-4-12(7-26-22(15)29-28-21)11-3-13(30)8-24-6-11/h1-10,27,30H,(H,26,28,29). The number of pyridine rings is 3. The van der Waals surface area contributed by atoms with E-state index in [9.17, 15) is 9.50 Å². The van der Waals surface area contributed by atoms with Crippen LogP contribution in [0.5, 0.6) is 5.75 Å². The Hall–Kier alpha value is -4.11. The highest BCUT2D eigenvalue weighted by Gasteiger charge is 2.16. The molecule has 0 aromatic carbocycles. The van der Waals surface area contributed by atoms with Gasteiger partial charge in [0.1, 0.15) is 5.75 Å². The zero-order valence-corrected chi connectivity index (χ0v) is 16.6. The lowest BCUT2D eigenvalue weighted by Crippen LogP contribution is -1.84. The molecule has 0 spiro atoms. The van der Waals surface area contributed by atoms with Gasteiger partial charge in [0.15, 0.2) is 10.8 Å². The van der Waals surface area contributed by atoms with Crippen LogP contribution in [0.25, 0.3) is 54.9 Å².